The number of benzene rings is 1. The Morgan fingerprint density at radius 1 is 1.23 bits per heavy atom. The summed E-state index contributed by atoms with van der Waals surface area (Å²) in [4.78, 5) is 23.5. The third-order valence-corrected chi connectivity index (χ3v) is 4.51. The van der Waals surface area contributed by atoms with Crippen molar-refractivity contribution >= 4 is 11.9 Å². The molecule has 1 fully saturated rings. The van der Waals surface area contributed by atoms with Crippen LogP contribution in [0.25, 0.3) is 0 Å². The Labute approximate surface area is 131 Å². The maximum Gasteiger partial charge on any atom is 0.305 e. The van der Waals surface area contributed by atoms with E-state index in [0.717, 1.165) is 12.0 Å². The van der Waals surface area contributed by atoms with Gasteiger partial charge < -0.3 is 10.4 Å². The van der Waals surface area contributed by atoms with Crippen molar-refractivity contribution in [2.45, 2.75) is 51.5 Å². The monoisotopic (exact) mass is 303 g/mol. The summed E-state index contributed by atoms with van der Waals surface area (Å²) < 4.78 is 0. The lowest BCUT2D eigenvalue weighted by molar-refractivity contribution is -0.138. The van der Waals surface area contributed by atoms with E-state index < -0.39 is 12.0 Å². The predicted molar refractivity (Wildman–Crippen MR) is 85.3 cm³/mol. The molecule has 0 spiro atoms. The highest BCUT2D eigenvalue weighted by atomic mass is 16.4. The van der Waals surface area contributed by atoms with E-state index in [1.807, 2.05) is 37.3 Å². The van der Waals surface area contributed by atoms with Crippen LogP contribution in [0, 0.1) is 11.8 Å². The number of carboxylic acid groups (broad SMARTS) is 1. The number of carbonyl (C=O) groups is 2. The molecule has 120 valence electrons. The van der Waals surface area contributed by atoms with Gasteiger partial charge in [0.05, 0.1) is 12.5 Å². The summed E-state index contributed by atoms with van der Waals surface area (Å²) in [5.41, 5.74) is 0.839. The lowest BCUT2D eigenvalue weighted by Crippen LogP contribution is -2.34. The molecule has 0 aromatic heterocycles. The minimum atomic E-state index is -0.905. The van der Waals surface area contributed by atoms with E-state index in [2.05, 4.69) is 5.32 Å². The van der Waals surface area contributed by atoms with Gasteiger partial charge in [-0.1, -0.05) is 62.9 Å². The molecule has 2 atom stereocenters. The third kappa shape index (κ3) is 4.86. The Morgan fingerprint density at radius 2 is 1.86 bits per heavy atom. The van der Waals surface area contributed by atoms with Crippen LogP contribution in [-0.4, -0.2) is 17.0 Å². The molecule has 1 saturated carbocycles. The fourth-order valence-corrected chi connectivity index (χ4v) is 3.28. The second-order valence-electron chi connectivity index (χ2n) is 6.36. The van der Waals surface area contributed by atoms with Crippen molar-refractivity contribution in [2.75, 3.05) is 0 Å². The minimum absolute atomic E-state index is 0.0398. The number of hydrogen-bond acceptors (Lipinski definition) is 2. The van der Waals surface area contributed by atoms with Crippen molar-refractivity contribution in [1.82, 2.24) is 5.32 Å². The lowest BCUT2D eigenvalue weighted by Gasteiger charge is -2.21. The van der Waals surface area contributed by atoms with E-state index in [4.69, 9.17) is 5.11 Å². The second kappa shape index (κ2) is 7.97. The van der Waals surface area contributed by atoms with Crippen LogP contribution in [0.2, 0.25) is 0 Å². The molecular formula is C18H25NO3. The Kier molecular flexibility index (Phi) is 5.99. The molecule has 1 aromatic rings. The van der Waals surface area contributed by atoms with Crippen molar-refractivity contribution in [2.24, 2.45) is 11.8 Å². The van der Waals surface area contributed by atoms with Crippen LogP contribution in [0.3, 0.4) is 0 Å². The number of aliphatic carboxylic acids is 1. The van der Waals surface area contributed by atoms with E-state index in [0.29, 0.717) is 5.92 Å². The van der Waals surface area contributed by atoms with Gasteiger partial charge in [-0.15, -0.1) is 0 Å². The van der Waals surface area contributed by atoms with E-state index in [-0.39, 0.29) is 18.2 Å². The molecule has 22 heavy (non-hydrogen) atoms. The fraction of sp³-hybridized carbons (Fsp3) is 0.556. The average molecular weight is 303 g/mol. The third-order valence-electron chi connectivity index (χ3n) is 4.51. The van der Waals surface area contributed by atoms with Gasteiger partial charge in [0.25, 0.3) is 0 Å². The molecule has 1 aliphatic rings. The summed E-state index contributed by atoms with van der Waals surface area (Å²) in [6.45, 7) is 1.94. The number of amides is 1. The maximum atomic E-state index is 12.4. The summed E-state index contributed by atoms with van der Waals surface area (Å²) in [5.74, 6) is -0.363. The molecule has 2 rings (SSSR count). The Hall–Kier alpha value is -1.84. The van der Waals surface area contributed by atoms with Gasteiger partial charge in [-0.2, -0.15) is 0 Å². The molecule has 4 nitrogen and oxygen atoms in total. The van der Waals surface area contributed by atoms with Gasteiger partial charge in [0, 0.05) is 5.92 Å². The van der Waals surface area contributed by atoms with Crippen LogP contribution >= 0.6 is 0 Å². The van der Waals surface area contributed by atoms with Crippen LogP contribution in [0.5, 0.6) is 0 Å². The maximum absolute atomic E-state index is 12.4. The molecule has 0 heterocycles. The molecule has 0 bridgehead atoms. The normalized spacial score (nSPS) is 17.9. The Bertz CT molecular complexity index is 494. The van der Waals surface area contributed by atoms with E-state index in [9.17, 15) is 9.59 Å². The number of carboxylic acids is 1. The van der Waals surface area contributed by atoms with E-state index >= 15 is 0 Å². The summed E-state index contributed by atoms with van der Waals surface area (Å²) in [6.07, 6.45) is 5.78. The largest absolute Gasteiger partial charge is 0.481 e. The van der Waals surface area contributed by atoms with Gasteiger partial charge >= 0.3 is 5.97 Å². The van der Waals surface area contributed by atoms with Gasteiger partial charge in [0.15, 0.2) is 0 Å². The molecule has 0 radical (unpaired) electrons. The Morgan fingerprint density at radius 3 is 2.45 bits per heavy atom. The van der Waals surface area contributed by atoms with Gasteiger partial charge in [-0.05, 0) is 17.9 Å². The first-order valence-electron chi connectivity index (χ1n) is 8.13. The quantitative estimate of drug-likeness (QED) is 0.809. The van der Waals surface area contributed by atoms with Gasteiger partial charge in [-0.3, -0.25) is 9.59 Å². The van der Waals surface area contributed by atoms with E-state index in [1.54, 1.807) is 0 Å². The SMILES string of the molecule is CC(CC1CCCC1)C(=O)NC(CC(=O)O)c1ccccc1. The van der Waals surface area contributed by atoms with Gasteiger partial charge in [-0.25, -0.2) is 0 Å². The zero-order valence-corrected chi connectivity index (χ0v) is 13.1. The standard InChI is InChI=1S/C18H25NO3/c1-13(11-14-7-5-6-8-14)18(22)19-16(12-17(20)21)15-9-3-2-4-10-15/h2-4,9-10,13-14,16H,5-8,11-12H2,1H3,(H,19,22)(H,20,21). The molecule has 1 aliphatic carbocycles. The second-order valence-corrected chi connectivity index (χ2v) is 6.36. The molecule has 0 aliphatic heterocycles. The lowest BCUT2D eigenvalue weighted by atomic mass is 9.93. The highest BCUT2D eigenvalue weighted by Crippen LogP contribution is 2.30. The molecule has 1 amide bonds. The highest BCUT2D eigenvalue weighted by Gasteiger charge is 2.24. The molecule has 4 heteroatoms. The first-order valence-corrected chi connectivity index (χ1v) is 8.13. The number of rotatable bonds is 7. The topological polar surface area (TPSA) is 66.4 Å². The Balaban J connectivity index is 1.96. The van der Waals surface area contributed by atoms with Crippen LogP contribution in [-0.2, 0) is 9.59 Å². The molecule has 0 saturated heterocycles. The minimum Gasteiger partial charge on any atom is -0.481 e. The zero-order valence-electron chi connectivity index (χ0n) is 13.1. The fourth-order valence-electron chi connectivity index (χ4n) is 3.28. The summed E-state index contributed by atoms with van der Waals surface area (Å²) in [6, 6.07) is 8.85. The van der Waals surface area contributed by atoms with Crippen LogP contribution in [0.15, 0.2) is 30.3 Å². The summed E-state index contributed by atoms with van der Waals surface area (Å²) in [7, 11) is 0. The van der Waals surface area contributed by atoms with Crippen molar-refractivity contribution < 1.29 is 14.7 Å². The number of hydrogen-bond donors (Lipinski definition) is 2. The smallest absolute Gasteiger partial charge is 0.305 e. The summed E-state index contributed by atoms with van der Waals surface area (Å²) in [5, 5.41) is 12.0. The van der Waals surface area contributed by atoms with Crippen molar-refractivity contribution in [1.29, 1.82) is 0 Å². The van der Waals surface area contributed by atoms with Crippen LogP contribution < -0.4 is 5.32 Å². The first kappa shape index (κ1) is 16.5. The van der Waals surface area contributed by atoms with Crippen molar-refractivity contribution in [3.8, 4) is 0 Å². The first-order chi connectivity index (χ1) is 10.6. The van der Waals surface area contributed by atoms with Gasteiger partial charge in [0.2, 0.25) is 5.91 Å². The molecule has 1 aromatic carbocycles. The van der Waals surface area contributed by atoms with Crippen LogP contribution in [0.1, 0.15) is 57.1 Å². The van der Waals surface area contributed by atoms with Crippen LogP contribution in [0.4, 0.5) is 0 Å². The number of carbonyl (C=O) groups excluding carboxylic acids is 1. The molecule has 2 N–H and O–H groups in total. The number of nitrogens with one attached hydrogen (secondary N) is 1. The zero-order chi connectivity index (χ0) is 15.9. The predicted octanol–water partition coefficient (Wildman–Crippen LogP) is 3.54. The summed E-state index contributed by atoms with van der Waals surface area (Å²) >= 11 is 0. The van der Waals surface area contributed by atoms with Crippen molar-refractivity contribution in [3.05, 3.63) is 35.9 Å². The molecular weight excluding hydrogens is 278 g/mol. The highest BCUT2D eigenvalue weighted by molar-refractivity contribution is 5.79. The van der Waals surface area contributed by atoms with E-state index in [1.165, 1.54) is 25.7 Å². The molecule has 2 unspecified atom stereocenters. The average Bonchev–Trinajstić information content (AvgIpc) is 3.00. The van der Waals surface area contributed by atoms with Gasteiger partial charge in [0.1, 0.15) is 0 Å². The van der Waals surface area contributed by atoms with Crippen molar-refractivity contribution in [3.63, 3.8) is 0 Å².